The van der Waals surface area contributed by atoms with E-state index in [1.807, 2.05) is 44.2 Å². The number of Topliss-reactive ketones (excluding diaryl/α,β-unsaturated/α-hetero) is 1. The van der Waals surface area contributed by atoms with Gasteiger partial charge in [0.1, 0.15) is 5.78 Å². The highest BCUT2D eigenvalue weighted by Crippen LogP contribution is 2.21. The molecule has 0 spiro atoms. The number of ketones is 1. The average molecular weight is 264 g/mol. The number of carbonyl (C=O) groups is 1. The number of aliphatic hydroxyl groups excluding tert-OH is 2. The van der Waals surface area contributed by atoms with E-state index in [0.29, 0.717) is 12.8 Å². The van der Waals surface area contributed by atoms with Gasteiger partial charge in [0.15, 0.2) is 0 Å². The highest BCUT2D eigenvalue weighted by molar-refractivity contribution is 5.79. The largest absolute Gasteiger partial charge is 0.392 e. The Kier molecular flexibility index (Phi) is 6.19. The van der Waals surface area contributed by atoms with Crippen LogP contribution in [0.5, 0.6) is 0 Å². The Morgan fingerprint density at radius 3 is 2.21 bits per heavy atom. The molecule has 3 nitrogen and oxygen atoms in total. The van der Waals surface area contributed by atoms with Gasteiger partial charge in [-0.25, -0.2) is 0 Å². The third-order valence-electron chi connectivity index (χ3n) is 3.51. The van der Waals surface area contributed by atoms with Crippen LogP contribution in [0.1, 0.15) is 32.8 Å². The summed E-state index contributed by atoms with van der Waals surface area (Å²) >= 11 is 0. The first-order valence-electron chi connectivity index (χ1n) is 6.84. The lowest BCUT2D eigenvalue weighted by Crippen LogP contribution is -2.40. The number of benzene rings is 1. The van der Waals surface area contributed by atoms with Crippen LogP contribution in [-0.2, 0) is 11.2 Å². The molecule has 0 aliphatic rings. The molecule has 19 heavy (non-hydrogen) atoms. The third kappa shape index (κ3) is 4.77. The van der Waals surface area contributed by atoms with E-state index in [1.54, 1.807) is 0 Å². The quantitative estimate of drug-likeness (QED) is 0.794. The third-order valence-corrected chi connectivity index (χ3v) is 3.51. The fourth-order valence-corrected chi connectivity index (χ4v) is 2.29. The van der Waals surface area contributed by atoms with E-state index in [1.165, 1.54) is 6.92 Å². The Labute approximate surface area is 115 Å². The molecule has 1 rings (SSSR count). The van der Waals surface area contributed by atoms with Crippen molar-refractivity contribution in [3.8, 4) is 0 Å². The number of aliphatic hydroxyl groups is 2. The van der Waals surface area contributed by atoms with E-state index in [0.717, 1.165) is 5.56 Å². The molecule has 0 aliphatic carbocycles. The molecular weight excluding hydrogens is 240 g/mol. The normalized spacial score (nSPS) is 16.1. The maximum atomic E-state index is 11.6. The summed E-state index contributed by atoms with van der Waals surface area (Å²) in [6.07, 6.45) is -0.396. The Morgan fingerprint density at radius 2 is 1.74 bits per heavy atom. The van der Waals surface area contributed by atoms with Gasteiger partial charge in [-0.05, 0) is 31.2 Å². The lowest BCUT2D eigenvalue weighted by molar-refractivity contribution is -0.131. The molecule has 106 valence electrons. The van der Waals surface area contributed by atoms with Crippen LogP contribution in [0.2, 0.25) is 0 Å². The summed E-state index contributed by atoms with van der Waals surface area (Å²) in [7, 11) is 0. The average Bonchev–Trinajstić information content (AvgIpc) is 2.37. The van der Waals surface area contributed by atoms with Crippen LogP contribution in [0, 0.1) is 11.8 Å². The number of carbonyl (C=O) groups excluding carboxylic acids is 1. The molecule has 0 radical (unpaired) electrons. The number of aryl methyl sites for hydroxylation is 1. The topological polar surface area (TPSA) is 57.5 Å². The molecule has 3 atom stereocenters. The Balaban J connectivity index is 2.63. The Bertz CT molecular complexity index is 386. The van der Waals surface area contributed by atoms with Gasteiger partial charge in [0.2, 0.25) is 0 Å². The minimum Gasteiger partial charge on any atom is -0.392 e. The standard InChI is InChI=1S/C16H24O3/c1-11(2)16(19)15(12(3)17)14(18)10-9-13-7-5-4-6-8-13/h4-8,11,14-16,18-19H,9-10H2,1-3H3/t14-,15-,16+/m1/s1. The van der Waals surface area contributed by atoms with Crippen molar-refractivity contribution in [2.75, 3.05) is 0 Å². The molecule has 0 unspecified atom stereocenters. The SMILES string of the molecule is CC(=O)[C@H]([C@H](O)CCc1ccccc1)[C@@H](O)C(C)C. The maximum Gasteiger partial charge on any atom is 0.138 e. The van der Waals surface area contributed by atoms with E-state index >= 15 is 0 Å². The zero-order chi connectivity index (χ0) is 14.4. The van der Waals surface area contributed by atoms with Gasteiger partial charge in [-0.15, -0.1) is 0 Å². The molecule has 0 saturated carbocycles. The van der Waals surface area contributed by atoms with E-state index in [4.69, 9.17) is 0 Å². The van der Waals surface area contributed by atoms with Crippen molar-refractivity contribution in [3.63, 3.8) is 0 Å². The van der Waals surface area contributed by atoms with Gasteiger partial charge in [0.25, 0.3) is 0 Å². The van der Waals surface area contributed by atoms with Crippen molar-refractivity contribution in [3.05, 3.63) is 35.9 Å². The van der Waals surface area contributed by atoms with E-state index < -0.39 is 18.1 Å². The van der Waals surface area contributed by atoms with Crippen LogP contribution in [0.3, 0.4) is 0 Å². The fraction of sp³-hybridized carbons (Fsp3) is 0.562. The van der Waals surface area contributed by atoms with Crippen LogP contribution in [-0.4, -0.2) is 28.2 Å². The minimum absolute atomic E-state index is 0.0414. The molecule has 0 bridgehead atoms. The first kappa shape index (κ1) is 15.9. The summed E-state index contributed by atoms with van der Waals surface area (Å²) in [5.41, 5.74) is 1.13. The highest BCUT2D eigenvalue weighted by atomic mass is 16.3. The van der Waals surface area contributed by atoms with E-state index in [9.17, 15) is 15.0 Å². The Morgan fingerprint density at radius 1 is 1.16 bits per heavy atom. The monoisotopic (exact) mass is 264 g/mol. The van der Waals surface area contributed by atoms with Crippen molar-refractivity contribution < 1.29 is 15.0 Å². The second kappa shape index (κ2) is 7.41. The van der Waals surface area contributed by atoms with Crippen LogP contribution < -0.4 is 0 Å². The smallest absolute Gasteiger partial charge is 0.138 e. The number of rotatable bonds is 7. The molecular formula is C16H24O3. The molecule has 1 aromatic rings. The zero-order valence-corrected chi connectivity index (χ0v) is 11.9. The molecule has 0 saturated heterocycles. The lowest BCUT2D eigenvalue weighted by Gasteiger charge is -2.28. The van der Waals surface area contributed by atoms with Crippen molar-refractivity contribution in [1.82, 2.24) is 0 Å². The first-order valence-corrected chi connectivity index (χ1v) is 6.84. The van der Waals surface area contributed by atoms with Gasteiger partial charge in [-0.1, -0.05) is 44.2 Å². The minimum atomic E-state index is -0.796. The predicted octanol–water partition coefficient (Wildman–Crippen LogP) is 2.20. The van der Waals surface area contributed by atoms with Gasteiger partial charge in [-0.3, -0.25) is 4.79 Å². The first-order chi connectivity index (χ1) is 8.93. The van der Waals surface area contributed by atoms with Crippen molar-refractivity contribution >= 4 is 5.78 Å². The predicted molar refractivity (Wildman–Crippen MR) is 75.8 cm³/mol. The Hall–Kier alpha value is -1.19. The highest BCUT2D eigenvalue weighted by Gasteiger charge is 2.32. The summed E-state index contributed by atoms with van der Waals surface area (Å²) in [4.78, 5) is 11.6. The fourth-order valence-electron chi connectivity index (χ4n) is 2.29. The summed E-state index contributed by atoms with van der Waals surface area (Å²) in [6, 6.07) is 9.84. The summed E-state index contributed by atoms with van der Waals surface area (Å²) in [5, 5.41) is 20.2. The van der Waals surface area contributed by atoms with E-state index in [2.05, 4.69) is 0 Å². The number of hydrogen-bond donors (Lipinski definition) is 2. The number of hydrogen-bond acceptors (Lipinski definition) is 3. The van der Waals surface area contributed by atoms with Crippen LogP contribution in [0.4, 0.5) is 0 Å². The lowest BCUT2D eigenvalue weighted by atomic mass is 9.84. The summed E-state index contributed by atoms with van der Waals surface area (Å²) < 4.78 is 0. The maximum absolute atomic E-state index is 11.6. The van der Waals surface area contributed by atoms with Crippen molar-refractivity contribution in [1.29, 1.82) is 0 Å². The van der Waals surface area contributed by atoms with Gasteiger partial charge in [-0.2, -0.15) is 0 Å². The summed E-state index contributed by atoms with van der Waals surface area (Å²) in [6.45, 7) is 5.14. The van der Waals surface area contributed by atoms with Crippen LogP contribution in [0.25, 0.3) is 0 Å². The second-order valence-electron chi connectivity index (χ2n) is 5.46. The van der Waals surface area contributed by atoms with Crippen LogP contribution >= 0.6 is 0 Å². The molecule has 2 N–H and O–H groups in total. The molecule has 0 fully saturated rings. The summed E-state index contributed by atoms with van der Waals surface area (Å²) in [5.74, 6) is -0.884. The van der Waals surface area contributed by atoms with Crippen molar-refractivity contribution in [2.45, 2.75) is 45.8 Å². The zero-order valence-electron chi connectivity index (χ0n) is 11.9. The van der Waals surface area contributed by atoms with Crippen LogP contribution in [0.15, 0.2) is 30.3 Å². The molecule has 0 aliphatic heterocycles. The second-order valence-corrected chi connectivity index (χ2v) is 5.46. The van der Waals surface area contributed by atoms with Gasteiger partial charge in [0, 0.05) is 0 Å². The molecule has 0 heterocycles. The molecule has 0 aromatic heterocycles. The van der Waals surface area contributed by atoms with Gasteiger partial charge >= 0.3 is 0 Å². The van der Waals surface area contributed by atoms with Crippen molar-refractivity contribution in [2.24, 2.45) is 11.8 Å². The molecule has 3 heteroatoms. The molecule has 1 aromatic carbocycles. The van der Waals surface area contributed by atoms with E-state index in [-0.39, 0.29) is 11.7 Å². The molecule has 0 amide bonds. The van der Waals surface area contributed by atoms with Gasteiger partial charge in [0.05, 0.1) is 18.1 Å². The van der Waals surface area contributed by atoms with Gasteiger partial charge < -0.3 is 10.2 Å².